The number of carbonyl (C=O) groups excluding carboxylic acids is 1. The van der Waals surface area contributed by atoms with Crippen molar-refractivity contribution in [2.75, 3.05) is 25.4 Å². The molecular formula is C34H45N5O2S. The predicted octanol–water partition coefficient (Wildman–Crippen LogP) is 7.52. The van der Waals surface area contributed by atoms with Crippen LogP contribution in [0.25, 0.3) is 11.3 Å². The summed E-state index contributed by atoms with van der Waals surface area (Å²) in [7, 11) is 3.64. The maximum absolute atomic E-state index is 11.8. The van der Waals surface area contributed by atoms with Gasteiger partial charge in [-0.2, -0.15) is 5.10 Å². The topological polar surface area (TPSA) is 70.1 Å². The summed E-state index contributed by atoms with van der Waals surface area (Å²) >= 11 is 1.72. The summed E-state index contributed by atoms with van der Waals surface area (Å²) in [6.07, 6.45) is 5.90. The van der Waals surface area contributed by atoms with Crippen LogP contribution >= 0.6 is 11.9 Å². The number of amides is 1. The fourth-order valence-electron chi connectivity index (χ4n) is 4.64. The van der Waals surface area contributed by atoms with E-state index in [0.717, 1.165) is 54.3 Å². The van der Waals surface area contributed by atoms with Gasteiger partial charge in [-0.1, -0.05) is 69.3 Å². The minimum absolute atomic E-state index is 0.129. The molecule has 0 saturated heterocycles. The average molecular weight is 588 g/mol. The number of anilines is 1. The van der Waals surface area contributed by atoms with Crippen LogP contribution < -0.4 is 9.46 Å². The normalized spacial score (nSPS) is 13.5. The van der Waals surface area contributed by atoms with E-state index in [9.17, 15) is 4.79 Å². The molecule has 0 bridgehead atoms. The van der Waals surface area contributed by atoms with Crippen molar-refractivity contribution in [3.8, 4) is 17.0 Å². The summed E-state index contributed by atoms with van der Waals surface area (Å²) < 4.78 is 8.87. The minimum atomic E-state index is 0.129. The van der Waals surface area contributed by atoms with E-state index in [1.54, 1.807) is 24.0 Å². The number of aromatic nitrogens is 1. The highest BCUT2D eigenvalue weighted by Crippen LogP contribution is 2.37. The summed E-state index contributed by atoms with van der Waals surface area (Å²) in [4.78, 5) is 18.3. The Morgan fingerprint density at radius 2 is 1.76 bits per heavy atom. The monoisotopic (exact) mass is 587 g/mol. The summed E-state index contributed by atoms with van der Waals surface area (Å²) in [6.45, 7) is 9.92. The van der Waals surface area contributed by atoms with Gasteiger partial charge in [-0.15, -0.1) is 0 Å². The molecule has 224 valence electrons. The first kappa shape index (κ1) is 31.4. The van der Waals surface area contributed by atoms with Gasteiger partial charge in [-0.3, -0.25) is 9.80 Å². The number of nitrogens with one attached hydrogen (secondary N) is 1. The summed E-state index contributed by atoms with van der Waals surface area (Å²) in [5.41, 5.74) is 5.86. The van der Waals surface area contributed by atoms with Crippen LogP contribution in [0.1, 0.15) is 70.1 Å². The Morgan fingerprint density at radius 1 is 1.07 bits per heavy atom. The second kappa shape index (κ2) is 14.6. The molecule has 7 nitrogen and oxygen atoms in total. The Hall–Kier alpha value is -3.52. The molecule has 0 unspecified atom stereocenters. The molecule has 1 aliphatic carbocycles. The highest BCUT2D eigenvalue weighted by molar-refractivity contribution is 8.01. The number of hydrogen-bond acceptors (Lipinski definition) is 7. The lowest BCUT2D eigenvalue weighted by Crippen LogP contribution is -2.31. The third-order valence-electron chi connectivity index (χ3n) is 7.36. The minimum Gasteiger partial charge on any atom is -0.493 e. The predicted molar refractivity (Wildman–Crippen MR) is 176 cm³/mol. The zero-order valence-electron chi connectivity index (χ0n) is 25.9. The molecule has 1 aliphatic rings. The number of amidine groups is 1. The number of hydrogen-bond donors (Lipinski definition) is 1. The molecule has 0 spiro atoms. The summed E-state index contributed by atoms with van der Waals surface area (Å²) in [6, 6.07) is 21.3. The molecule has 8 heteroatoms. The Kier molecular flexibility index (Phi) is 10.9. The van der Waals surface area contributed by atoms with Crippen molar-refractivity contribution in [1.82, 2.24) is 14.9 Å². The number of rotatable bonds is 14. The lowest BCUT2D eigenvalue weighted by Gasteiger charge is -2.22. The summed E-state index contributed by atoms with van der Waals surface area (Å²) in [5.74, 6) is 2.32. The molecule has 3 aromatic rings. The van der Waals surface area contributed by atoms with Crippen LogP contribution in [0.2, 0.25) is 0 Å². The number of nitrogens with zero attached hydrogens (tertiary/aromatic N) is 4. The van der Waals surface area contributed by atoms with Crippen LogP contribution in [0, 0.1) is 0 Å². The maximum atomic E-state index is 11.8. The Balaban J connectivity index is 1.36. The standard InChI is InChI=1S/C34H45N5O2S/c1-7-39(24-40)32(36-38(5)23-26-13-17-28(18-14-26)34(2,3)4)10-8-9-25-11-15-27(16-12-25)30-21-22-31(41-6)33(35-30)37-42-29-19-20-29/h11-18,21-22,24,29H,7-10,19-20,23H2,1-6H3,(H,35,37)/b36-32-. The van der Waals surface area contributed by atoms with Crippen LogP contribution in [0.15, 0.2) is 65.8 Å². The molecule has 0 atom stereocenters. The average Bonchev–Trinajstić information content (AvgIpc) is 3.81. The van der Waals surface area contributed by atoms with E-state index in [-0.39, 0.29) is 5.41 Å². The number of ether oxygens (including phenoxy) is 1. The molecule has 1 fully saturated rings. The van der Waals surface area contributed by atoms with Gasteiger partial charge in [0, 0.05) is 30.8 Å². The number of aryl methyl sites for hydroxylation is 1. The van der Waals surface area contributed by atoms with Crippen molar-refractivity contribution in [3.63, 3.8) is 0 Å². The first-order valence-electron chi connectivity index (χ1n) is 14.9. The molecule has 1 heterocycles. The number of benzene rings is 2. The zero-order valence-corrected chi connectivity index (χ0v) is 26.7. The van der Waals surface area contributed by atoms with Crippen molar-refractivity contribution in [3.05, 3.63) is 77.4 Å². The molecule has 2 aromatic carbocycles. The van der Waals surface area contributed by atoms with Gasteiger partial charge >= 0.3 is 0 Å². The van der Waals surface area contributed by atoms with Gasteiger partial charge in [-0.05, 0) is 78.8 Å². The van der Waals surface area contributed by atoms with Crippen LogP contribution in [-0.4, -0.2) is 53.1 Å². The molecule has 1 amide bonds. The molecule has 1 aromatic heterocycles. The van der Waals surface area contributed by atoms with Crippen molar-refractivity contribution in [1.29, 1.82) is 0 Å². The zero-order chi connectivity index (χ0) is 30.1. The lowest BCUT2D eigenvalue weighted by molar-refractivity contribution is -0.114. The van der Waals surface area contributed by atoms with Gasteiger partial charge in [0.15, 0.2) is 11.6 Å². The third-order valence-corrected chi connectivity index (χ3v) is 8.47. The van der Waals surface area contributed by atoms with Crippen LogP contribution in [0.3, 0.4) is 0 Å². The van der Waals surface area contributed by atoms with E-state index in [1.165, 1.54) is 29.5 Å². The van der Waals surface area contributed by atoms with Gasteiger partial charge in [0.2, 0.25) is 6.41 Å². The van der Waals surface area contributed by atoms with E-state index < -0.39 is 0 Å². The fraction of sp³-hybridized carbons (Fsp3) is 0.441. The number of carbonyl (C=O) groups is 1. The molecule has 42 heavy (non-hydrogen) atoms. The highest BCUT2D eigenvalue weighted by Gasteiger charge is 2.23. The Bertz CT molecular complexity index is 1330. The van der Waals surface area contributed by atoms with Crippen LogP contribution in [0.4, 0.5) is 5.82 Å². The van der Waals surface area contributed by atoms with Gasteiger partial charge < -0.3 is 14.4 Å². The van der Waals surface area contributed by atoms with Crippen LogP contribution in [0.5, 0.6) is 5.75 Å². The number of methoxy groups -OCH3 is 1. The van der Waals surface area contributed by atoms with E-state index in [4.69, 9.17) is 14.8 Å². The van der Waals surface area contributed by atoms with Crippen molar-refractivity contribution in [2.24, 2.45) is 5.10 Å². The van der Waals surface area contributed by atoms with Gasteiger partial charge in [0.25, 0.3) is 0 Å². The first-order chi connectivity index (χ1) is 20.2. The smallest absolute Gasteiger partial charge is 0.215 e. The van der Waals surface area contributed by atoms with Crippen molar-refractivity contribution >= 4 is 30.0 Å². The van der Waals surface area contributed by atoms with Gasteiger partial charge in [0.1, 0.15) is 5.84 Å². The Labute approximate surface area is 255 Å². The lowest BCUT2D eigenvalue weighted by atomic mass is 9.87. The molecule has 1 N–H and O–H groups in total. The first-order valence-corrected chi connectivity index (χ1v) is 15.7. The van der Waals surface area contributed by atoms with Crippen molar-refractivity contribution < 1.29 is 9.53 Å². The van der Waals surface area contributed by atoms with Gasteiger partial charge in [0.05, 0.1) is 19.3 Å². The third kappa shape index (κ3) is 8.99. The van der Waals surface area contributed by atoms with Crippen LogP contribution in [-0.2, 0) is 23.2 Å². The van der Waals surface area contributed by atoms with E-state index >= 15 is 0 Å². The highest BCUT2D eigenvalue weighted by atomic mass is 32.2. The second-order valence-corrected chi connectivity index (χ2v) is 13.0. The number of hydrazone groups is 1. The van der Waals surface area contributed by atoms with Crippen molar-refractivity contribution in [2.45, 2.75) is 77.0 Å². The largest absolute Gasteiger partial charge is 0.493 e. The molecule has 4 rings (SSSR count). The molecular weight excluding hydrogens is 542 g/mol. The fourth-order valence-corrected chi connectivity index (χ4v) is 5.43. The van der Waals surface area contributed by atoms with E-state index in [1.807, 2.05) is 31.1 Å². The molecule has 1 saturated carbocycles. The quantitative estimate of drug-likeness (QED) is 0.0692. The van der Waals surface area contributed by atoms with E-state index in [2.05, 4.69) is 74.0 Å². The molecule has 0 radical (unpaired) electrons. The SMILES string of the molecule is CCN(C=O)/C(CCCc1ccc(-c2ccc(OC)c(NSC3CC3)n2)cc1)=N\N(C)Cc1ccc(C(C)(C)C)cc1. The van der Waals surface area contributed by atoms with E-state index in [0.29, 0.717) is 18.3 Å². The van der Waals surface area contributed by atoms with Gasteiger partial charge in [-0.25, -0.2) is 4.98 Å². The second-order valence-electron chi connectivity index (χ2n) is 11.9. The maximum Gasteiger partial charge on any atom is 0.215 e. The molecule has 0 aliphatic heterocycles. The summed E-state index contributed by atoms with van der Waals surface area (Å²) in [5, 5.41) is 7.44. The Morgan fingerprint density at radius 3 is 2.36 bits per heavy atom. The number of pyridine rings is 1.